The zero-order valence-electron chi connectivity index (χ0n) is 7.63. The van der Waals surface area contributed by atoms with Crippen LogP contribution in [0, 0.1) is 0 Å². The molecule has 5 heteroatoms. The maximum atomic E-state index is 11.1. The molecule has 13 heavy (non-hydrogen) atoms. The Kier molecular flexibility index (Phi) is 2.87. The van der Waals surface area contributed by atoms with Crippen LogP contribution in [0.5, 0.6) is 0 Å². The molecule has 0 aromatic heterocycles. The van der Waals surface area contributed by atoms with Crippen molar-refractivity contribution in [1.82, 2.24) is 5.32 Å². The van der Waals surface area contributed by atoms with Crippen LogP contribution < -0.4 is 11.1 Å². The fraction of sp³-hybridized carbons (Fsp3) is 0.750. The van der Waals surface area contributed by atoms with Gasteiger partial charge >= 0.3 is 0 Å². The highest BCUT2D eigenvalue weighted by molar-refractivity contribution is 5.80. The Morgan fingerprint density at radius 3 is 2.46 bits per heavy atom. The summed E-state index contributed by atoms with van der Waals surface area (Å²) < 4.78 is 4.96. The predicted octanol–water partition coefficient (Wildman–Crippen LogP) is -0.843. The van der Waals surface area contributed by atoms with Crippen molar-refractivity contribution in [1.29, 1.82) is 0 Å². The largest absolute Gasteiger partial charge is 0.376 e. The third-order valence-electron chi connectivity index (χ3n) is 2.00. The first kappa shape index (κ1) is 9.98. The number of carbonyl (C=O) groups is 2. The van der Waals surface area contributed by atoms with Gasteiger partial charge in [0.2, 0.25) is 11.8 Å². The molecule has 1 fully saturated rings. The first-order valence-corrected chi connectivity index (χ1v) is 4.25. The van der Waals surface area contributed by atoms with Crippen LogP contribution in [0.3, 0.4) is 0 Å². The summed E-state index contributed by atoms with van der Waals surface area (Å²) in [6.07, 6.45) is 0.555. The molecule has 1 rings (SSSR count). The fourth-order valence-electron chi connectivity index (χ4n) is 1.28. The summed E-state index contributed by atoms with van der Waals surface area (Å²) in [4.78, 5) is 21.8. The van der Waals surface area contributed by atoms with Crippen LogP contribution in [0.4, 0.5) is 0 Å². The number of nitrogens with one attached hydrogen (secondary N) is 1. The van der Waals surface area contributed by atoms with Crippen molar-refractivity contribution in [2.24, 2.45) is 5.73 Å². The minimum absolute atomic E-state index is 0.0791. The summed E-state index contributed by atoms with van der Waals surface area (Å²) in [5.41, 5.74) is 4.53. The molecule has 1 saturated heterocycles. The van der Waals surface area contributed by atoms with E-state index >= 15 is 0 Å². The standard InChI is InChI=1S/C8H14N2O3/c1-2-7(12)10-8(3-6(9)11)4-13-5-8/h2-5H2,1H3,(H2,9,11)(H,10,12). The molecule has 74 valence electrons. The molecule has 1 heterocycles. The van der Waals surface area contributed by atoms with E-state index in [-0.39, 0.29) is 12.3 Å². The number of primary amides is 1. The van der Waals surface area contributed by atoms with E-state index in [1.807, 2.05) is 0 Å². The normalized spacial score (nSPS) is 18.8. The number of rotatable bonds is 4. The van der Waals surface area contributed by atoms with Gasteiger partial charge in [0.05, 0.1) is 25.2 Å². The van der Waals surface area contributed by atoms with E-state index in [0.717, 1.165) is 0 Å². The van der Waals surface area contributed by atoms with E-state index < -0.39 is 11.4 Å². The lowest BCUT2D eigenvalue weighted by Gasteiger charge is -2.41. The topological polar surface area (TPSA) is 81.4 Å². The van der Waals surface area contributed by atoms with Gasteiger partial charge in [-0.3, -0.25) is 9.59 Å². The van der Waals surface area contributed by atoms with Gasteiger partial charge in [0, 0.05) is 6.42 Å². The smallest absolute Gasteiger partial charge is 0.220 e. The Balaban J connectivity index is 2.49. The van der Waals surface area contributed by atoms with Crippen molar-refractivity contribution in [3.63, 3.8) is 0 Å². The van der Waals surface area contributed by atoms with Gasteiger partial charge in [0.1, 0.15) is 0 Å². The van der Waals surface area contributed by atoms with E-state index in [2.05, 4.69) is 5.32 Å². The molecule has 0 spiro atoms. The van der Waals surface area contributed by atoms with Gasteiger partial charge in [-0.2, -0.15) is 0 Å². The second kappa shape index (κ2) is 3.74. The molecule has 2 amide bonds. The van der Waals surface area contributed by atoms with Crippen LogP contribution in [0.1, 0.15) is 19.8 Å². The monoisotopic (exact) mass is 186 g/mol. The van der Waals surface area contributed by atoms with Crippen molar-refractivity contribution in [2.75, 3.05) is 13.2 Å². The number of amides is 2. The van der Waals surface area contributed by atoms with Crippen LogP contribution in [-0.2, 0) is 14.3 Å². The molecule has 0 saturated carbocycles. The third kappa shape index (κ3) is 2.42. The second-order valence-corrected chi connectivity index (χ2v) is 3.32. The summed E-state index contributed by atoms with van der Waals surface area (Å²) in [6, 6.07) is 0. The van der Waals surface area contributed by atoms with Gasteiger partial charge < -0.3 is 15.8 Å². The number of nitrogens with two attached hydrogens (primary N) is 1. The van der Waals surface area contributed by atoms with Crippen molar-refractivity contribution >= 4 is 11.8 Å². The van der Waals surface area contributed by atoms with Gasteiger partial charge in [-0.15, -0.1) is 0 Å². The third-order valence-corrected chi connectivity index (χ3v) is 2.00. The van der Waals surface area contributed by atoms with E-state index in [4.69, 9.17) is 10.5 Å². The average Bonchev–Trinajstić information content (AvgIpc) is 1.99. The first-order chi connectivity index (χ1) is 6.08. The molecular formula is C8H14N2O3. The first-order valence-electron chi connectivity index (χ1n) is 4.25. The van der Waals surface area contributed by atoms with Crippen molar-refractivity contribution < 1.29 is 14.3 Å². The molecule has 0 atom stereocenters. The Bertz CT molecular complexity index is 223. The average molecular weight is 186 g/mol. The SMILES string of the molecule is CCC(=O)NC1(CC(N)=O)COC1. The van der Waals surface area contributed by atoms with Gasteiger partial charge in [-0.25, -0.2) is 0 Å². The molecule has 1 aliphatic rings. The van der Waals surface area contributed by atoms with Gasteiger partial charge in [-0.1, -0.05) is 6.92 Å². The maximum Gasteiger partial charge on any atom is 0.220 e. The zero-order chi connectivity index (χ0) is 9.90. The van der Waals surface area contributed by atoms with Crippen LogP contribution in [0.25, 0.3) is 0 Å². The van der Waals surface area contributed by atoms with E-state index in [1.54, 1.807) is 6.92 Å². The lowest BCUT2D eigenvalue weighted by molar-refractivity contribution is -0.138. The summed E-state index contributed by atoms with van der Waals surface area (Å²) in [5, 5.41) is 2.75. The lowest BCUT2D eigenvalue weighted by Crippen LogP contribution is -2.63. The van der Waals surface area contributed by atoms with Gasteiger partial charge in [-0.05, 0) is 0 Å². The molecular weight excluding hydrogens is 172 g/mol. The van der Waals surface area contributed by atoms with E-state index in [1.165, 1.54) is 0 Å². The van der Waals surface area contributed by atoms with Crippen LogP contribution in [0.2, 0.25) is 0 Å². The molecule has 0 unspecified atom stereocenters. The van der Waals surface area contributed by atoms with E-state index in [9.17, 15) is 9.59 Å². The minimum Gasteiger partial charge on any atom is -0.376 e. The molecule has 0 bridgehead atoms. The Hall–Kier alpha value is -1.10. The number of ether oxygens (including phenoxy) is 1. The van der Waals surface area contributed by atoms with Crippen molar-refractivity contribution in [3.05, 3.63) is 0 Å². The Morgan fingerprint density at radius 2 is 2.15 bits per heavy atom. The lowest BCUT2D eigenvalue weighted by atomic mass is 9.92. The second-order valence-electron chi connectivity index (χ2n) is 3.32. The summed E-state index contributed by atoms with van der Waals surface area (Å²) >= 11 is 0. The van der Waals surface area contributed by atoms with Crippen LogP contribution in [0.15, 0.2) is 0 Å². The molecule has 5 nitrogen and oxygen atoms in total. The van der Waals surface area contributed by atoms with E-state index in [0.29, 0.717) is 19.6 Å². The quantitative estimate of drug-likeness (QED) is 0.600. The maximum absolute atomic E-state index is 11.1. The Morgan fingerprint density at radius 1 is 1.54 bits per heavy atom. The number of hydrogen-bond donors (Lipinski definition) is 2. The molecule has 0 radical (unpaired) electrons. The van der Waals surface area contributed by atoms with Gasteiger partial charge in [0.25, 0.3) is 0 Å². The highest BCUT2D eigenvalue weighted by Gasteiger charge is 2.41. The number of hydrogen-bond acceptors (Lipinski definition) is 3. The summed E-state index contributed by atoms with van der Waals surface area (Å²) in [6.45, 7) is 2.51. The summed E-state index contributed by atoms with van der Waals surface area (Å²) in [5.74, 6) is -0.496. The highest BCUT2D eigenvalue weighted by atomic mass is 16.5. The molecule has 0 aromatic rings. The highest BCUT2D eigenvalue weighted by Crippen LogP contribution is 2.20. The Labute approximate surface area is 76.6 Å². The zero-order valence-corrected chi connectivity index (χ0v) is 7.63. The summed E-state index contributed by atoms with van der Waals surface area (Å²) in [7, 11) is 0. The van der Waals surface area contributed by atoms with Crippen molar-refractivity contribution in [3.8, 4) is 0 Å². The van der Waals surface area contributed by atoms with Crippen LogP contribution in [-0.4, -0.2) is 30.6 Å². The predicted molar refractivity (Wildman–Crippen MR) is 45.8 cm³/mol. The fourth-order valence-corrected chi connectivity index (χ4v) is 1.28. The minimum atomic E-state index is -0.529. The molecule has 1 aliphatic heterocycles. The molecule has 0 aromatic carbocycles. The van der Waals surface area contributed by atoms with Crippen molar-refractivity contribution in [2.45, 2.75) is 25.3 Å². The van der Waals surface area contributed by atoms with Crippen LogP contribution >= 0.6 is 0 Å². The van der Waals surface area contributed by atoms with Gasteiger partial charge in [0.15, 0.2) is 0 Å². The number of carbonyl (C=O) groups excluding carboxylic acids is 2. The molecule has 3 N–H and O–H groups in total. The molecule has 0 aliphatic carbocycles.